The van der Waals surface area contributed by atoms with Gasteiger partial charge in [-0.1, -0.05) is 30.3 Å². The predicted octanol–water partition coefficient (Wildman–Crippen LogP) is 3.88. The van der Waals surface area contributed by atoms with Gasteiger partial charge in [-0.2, -0.15) is 0 Å². The molecule has 1 saturated carbocycles. The Balaban J connectivity index is 1.73. The van der Waals surface area contributed by atoms with Gasteiger partial charge in [0, 0.05) is 31.5 Å². The highest BCUT2D eigenvalue weighted by Gasteiger charge is 2.31. The summed E-state index contributed by atoms with van der Waals surface area (Å²) in [7, 11) is 0. The second kappa shape index (κ2) is 6.19. The third-order valence-electron chi connectivity index (χ3n) is 4.24. The lowest BCUT2D eigenvalue weighted by Crippen LogP contribution is -2.33. The van der Waals surface area contributed by atoms with Gasteiger partial charge in [-0.15, -0.1) is 0 Å². The van der Waals surface area contributed by atoms with Crippen LogP contribution < -0.4 is 0 Å². The van der Waals surface area contributed by atoms with Gasteiger partial charge < -0.3 is 0 Å². The van der Waals surface area contributed by atoms with Crippen molar-refractivity contribution in [2.45, 2.75) is 38.9 Å². The molecule has 1 aliphatic rings. The summed E-state index contributed by atoms with van der Waals surface area (Å²) in [5.74, 6) is 0.889. The maximum atomic E-state index is 4.11. The van der Waals surface area contributed by atoms with E-state index in [-0.39, 0.29) is 0 Å². The highest BCUT2D eigenvalue weighted by molar-refractivity contribution is 5.16. The Hall–Kier alpha value is -1.67. The molecule has 1 aromatic carbocycles. The van der Waals surface area contributed by atoms with Crippen molar-refractivity contribution >= 4 is 0 Å². The van der Waals surface area contributed by atoms with Crippen LogP contribution in [-0.4, -0.2) is 15.9 Å². The van der Waals surface area contributed by atoms with Crippen LogP contribution in [0.4, 0.5) is 0 Å². The Morgan fingerprint density at radius 2 is 1.60 bits per heavy atom. The fourth-order valence-electron chi connectivity index (χ4n) is 2.76. The summed E-state index contributed by atoms with van der Waals surface area (Å²) in [6.07, 6.45) is 6.56. The Morgan fingerprint density at radius 1 is 1.00 bits per heavy atom. The second-order valence-corrected chi connectivity index (χ2v) is 5.82. The molecule has 1 atom stereocenters. The maximum Gasteiger partial charge on any atom is 0.0271 e. The van der Waals surface area contributed by atoms with E-state index in [1.54, 1.807) is 0 Å². The maximum absolute atomic E-state index is 4.11. The molecule has 1 aromatic heterocycles. The van der Waals surface area contributed by atoms with Crippen molar-refractivity contribution in [2.24, 2.45) is 5.92 Å². The zero-order valence-corrected chi connectivity index (χ0v) is 12.1. The number of nitrogens with zero attached hydrogens (tertiary/aromatic N) is 2. The monoisotopic (exact) mass is 266 g/mol. The highest BCUT2D eigenvalue weighted by atomic mass is 15.2. The third-order valence-corrected chi connectivity index (χ3v) is 4.24. The van der Waals surface area contributed by atoms with E-state index < -0.39 is 0 Å². The molecule has 2 aromatic rings. The number of hydrogen-bond donors (Lipinski definition) is 0. The molecule has 2 heteroatoms. The molecule has 1 aliphatic carbocycles. The number of pyridine rings is 1. The normalized spacial score (nSPS) is 16.3. The van der Waals surface area contributed by atoms with Gasteiger partial charge in [-0.25, -0.2) is 0 Å². The molecule has 0 radical (unpaired) electrons. The van der Waals surface area contributed by atoms with Gasteiger partial charge in [0.25, 0.3) is 0 Å². The van der Waals surface area contributed by atoms with Crippen LogP contribution in [0.15, 0.2) is 54.9 Å². The topological polar surface area (TPSA) is 16.1 Å². The molecule has 0 saturated heterocycles. The molecule has 3 rings (SSSR count). The van der Waals surface area contributed by atoms with Gasteiger partial charge >= 0.3 is 0 Å². The lowest BCUT2D eigenvalue weighted by atomic mass is 10.1. The van der Waals surface area contributed by atoms with Crippen LogP contribution in [0.1, 0.15) is 30.9 Å². The van der Waals surface area contributed by atoms with Crippen LogP contribution >= 0.6 is 0 Å². The summed E-state index contributed by atoms with van der Waals surface area (Å²) >= 11 is 0. The first kappa shape index (κ1) is 13.3. The zero-order chi connectivity index (χ0) is 13.8. The van der Waals surface area contributed by atoms with Crippen LogP contribution in [0.25, 0.3) is 0 Å². The molecule has 104 valence electrons. The summed E-state index contributed by atoms with van der Waals surface area (Å²) < 4.78 is 0. The average Bonchev–Trinajstić information content (AvgIpc) is 3.33. The lowest BCUT2D eigenvalue weighted by molar-refractivity contribution is 0.172. The van der Waals surface area contributed by atoms with Crippen LogP contribution in [0.5, 0.6) is 0 Å². The van der Waals surface area contributed by atoms with Crippen LogP contribution in [0, 0.1) is 5.92 Å². The molecule has 20 heavy (non-hydrogen) atoms. The molecule has 1 heterocycles. The van der Waals surface area contributed by atoms with E-state index in [1.165, 1.54) is 24.0 Å². The minimum absolute atomic E-state index is 0.656. The van der Waals surface area contributed by atoms with Gasteiger partial charge in [-0.05, 0) is 48.9 Å². The fourth-order valence-corrected chi connectivity index (χ4v) is 2.76. The average molecular weight is 266 g/mol. The van der Waals surface area contributed by atoms with Crippen molar-refractivity contribution in [2.75, 3.05) is 0 Å². The SMILES string of the molecule is CC(C1CC1)N(Cc1ccccc1)Cc1ccncc1. The standard InChI is InChI=1S/C18H22N2/c1-15(18-7-8-18)20(13-16-5-3-2-4-6-16)14-17-9-11-19-12-10-17/h2-6,9-12,15,18H,7-8,13-14H2,1H3. The second-order valence-electron chi connectivity index (χ2n) is 5.82. The molecular formula is C18H22N2. The van der Waals surface area contributed by atoms with Crippen LogP contribution in [0.2, 0.25) is 0 Å². The van der Waals surface area contributed by atoms with Gasteiger partial charge in [-0.3, -0.25) is 9.88 Å². The van der Waals surface area contributed by atoms with Gasteiger partial charge in [0.2, 0.25) is 0 Å². The summed E-state index contributed by atoms with van der Waals surface area (Å²) in [6, 6.07) is 15.7. The predicted molar refractivity (Wildman–Crippen MR) is 82.1 cm³/mol. The van der Waals surface area contributed by atoms with Crippen LogP contribution in [-0.2, 0) is 13.1 Å². The van der Waals surface area contributed by atoms with Crippen molar-refractivity contribution in [1.29, 1.82) is 0 Å². The summed E-state index contributed by atoms with van der Waals surface area (Å²) in [5.41, 5.74) is 2.75. The molecular weight excluding hydrogens is 244 g/mol. The van der Waals surface area contributed by atoms with Crippen molar-refractivity contribution in [1.82, 2.24) is 9.88 Å². The molecule has 1 fully saturated rings. The largest absolute Gasteiger partial charge is 0.292 e. The van der Waals surface area contributed by atoms with Crippen molar-refractivity contribution in [3.8, 4) is 0 Å². The minimum atomic E-state index is 0.656. The molecule has 1 unspecified atom stereocenters. The quantitative estimate of drug-likeness (QED) is 0.788. The van der Waals surface area contributed by atoms with Crippen LogP contribution in [0.3, 0.4) is 0 Å². The van der Waals surface area contributed by atoms with Crippen molar-refractivity contribution in [3.63, 3.8) is 0 Å². The smallest absolute Gasteiger partial charge is 0.0271 e. The highest BCUT2D eigenvalue weighted by Crippen LogP contribution is 2.36. The van der Waals surface area contributed by atoms with E-state index in [0.717, 1.165) is 19.0 Å². The molecule has 0 bridgehead atoms. The fraction of sp³-hybridized carbons (Fsp3) is 0.389. The Kier molecular flexibility index (Phi) is 4.12. The zero-order valence-electron chi connectivity index (χ0n) is 12.1. The van der Waals surface area contributed by atoms with E-state index in [9.17, 15) is 0 Å². The lowest BCUT2D eigenvalue weighted by Gasteiger charge is -2.29. The van der Waals surface area contributed by atoms with E-state index >= 15 is 0 Å². The van der Waals surface area contributed by atoms with E-state index in [2.05, 4.69) is 59.3 Å². The molecule has 0 amide bonds. The Bertz CT molecular complexity index is 478. The third kappa shape index (κ3) is 3.45. The van der Waals surface area contributed by atoms with Crippen molar-refractivity contribution < 1.29 is 0 Å². The van der Waals surface area contributed by atoms with E-state index in [4.69, 9.17) is 0 Å². The first-order chi connectivity index (χ1) is 9.83. The van der Waals surface area contributed by atoms with E-state index in [0.29, 0.717) is 6.04 Å². The number of aromatic nitrogens is 1. The van der Waals surface area contributed by atoms with Gasteiger partial charge in [0.1, 0.15) is 0 Å². The molecule has 0 N–H and O–H groups in total. The van der Waals surface area contributed by atoms with Crippen molar-refractivity contribution in [3.05, 3.63) is 66.0 Å². The summed E-state index contributed by atoms with van der Waals surface area (Å²) in [4.78, 5) is 6.71. The molecule has 2 nitrogen and oxygen atoms in total. The van der Waals surface area contributed by atoms with E-state index in [1.807, 2.05) is 12.4 Å². The number of hydrogen-bond acceptors (Lipinski definition) is 2. The number of rotatable bonds is 6. The molecule has 0 aliphatic heterocycles. The van der Waals surface area contributed by atoms with Gasteiger partial charge in [0.15, 0.2) is 0 Å². The first-order valence-corrected chi connectivity index (χ1v) is 7.50. The Morgan fingerprint density at radius 3 is 2.20 bits per heavy atom. The molecule has 0 spiro atoms. The summed E-state index contributed by atoms with van der Waals surface area (Å²) in [6.45, 7) is 4.41. The Labute approximate surface area is 121 Å². The minimum Gasteiger partial charge on any atom is -0.292 e. The summed E-state index contributed by atoms with van der Waals surface area (Å²) in [5, 5.41) is 0. The first-order valence-electron chi connectivity index (χ1n) is 7.50. The van der Waals surface area contributed by atoms with Gasteiger partial charge in [0.05, 0.1) is 0 Å². The number of benzene rings is 1.